The van der Waals surface area contributed by atoms with Gasteiger partial charge in [0.05, 0.1) is 24.4 Å². The molecule has 180 valence electrons. The predicted octanol–water partition coefficient (Wildman–Crippen LogP) is -2.95. The largest absolute Gasteiger partial charge is 0.550 e. The number of nitrogens with one attached hydrogen (secondary N) is 5. The summed E-state index contributed by atoms with van der Waals surface area (Å²) in [5.41, 5.74) is 6.05. The summed E-state index contributed by atoms with van der Waals surface area (Å²) in [5, 5.41) is 37.8. The number of aromatic amines is 1. The molecule has 1 aromatic heterocycles. The van der Waals surface area contributed by atoms with E-state index in [9.17, 15) is 29.4 Å². The summed E-state index contributed by atoms with van der Waals surface area (Å²) in [4.78, 5) is 54.2. The third kappa shape index (κ3) is 5.59. The monoisotopic (exact) mass is 470 g/mol. The van der Waals surface area contributed by atoms with Crippen LogP contribution in [-0.4, -0.2) is 59.3 Å². The SMILES string of the molecule is N=CN1c2c(nc(N)[nH]c2=O)NCC1CNc1ccc(C(=O)NC(CCC(=O)[O-])C(=O)[O-])cc1. The lowest BCUT2D eigenvalue weighted by molar-refractivity contribution is -0.309. The van der Waals surface area contributed by atoms with Crippen molar-refractivity contribution in [3.8, 4) is 0 Å². The number of H-pyrrole nitrogens is 1. The Bertz CT molecular complexity index is 1150. The molecule has 34 heavy (non-hydrogen) atoms. The van der Waals surface area contributed by atoms with Gasteiger partial charge in [-0.2, -0.15) is 4.98 Å². The van der Waals surface area contributed by atoms with Crippen molar-refractivity contribution in [3.63, 3.8) is 0 Å². The maximum atomic E-state index is 12.3. The van der Waals surface area contributed by atoms with Gasteiger partial charge in [-0.25, -0.2) is 0 Å². The van der Waals surface area contributed by atoms with E-state index in [2.05, 4.69) is 25.9 Å². The molecule has 2 unspecified atom stereocenters. The summed E-state index contributed by atoms with van der Waals surface area (Å²) in [7, 11) is 0. The molecule has 3 rings (SSSR count). The number of carbonyl (C=O) groups excluding carboxylic acids is 3. The first-order valence-corrected chi connectivity index (χ1v) is 10.2. The van der Waals surface area contributed by atoms with Crippen LogP contribution in [0.3, 0.4) is 0 Å². The molecule has 0 radical (unpaired) electrons. The number of carboxylic acids is 2. The van der Waals surface area contributed by atoms with E-state index in [4.69, 9.17) is 11.1 Å². The van der Waals surface area contributed by atoms with E-state index in [1.54, 1.807) is 12.1 Å². The second-order valence-corrected chi connectivity index (χ2v) is 7.43. The van der Waals surface area contributed by atoms with Crippen LogP contribution in [0.4, 0.5) is 23.1 Å². The topological polar surface area (TPSA) is 232 Å². The van der Waals surface area contributed by atoms with Gasteiger partial charge in [-0.15, -0.1) is 0 Å². The zero-order valence-electron chi connectivity index (χ0n) is 17.8. The minimum absolute atomic E-state index is 0.0354. The highest BCUT2D eigenvalue weighted by Gasteiger charge is 2.28. The summed E-state index contributed by atoms with van der Waals surface area (Å²) >= 11 is 0. The second-order valence-electron chi connectivity index (χ2n) is 7.43. The summed E-state index contributed by atoms with van der Waals surface area (Å²) in [6.07, 6.45) is 0.133. The summed E-state index contributed by atoms with van der Waals surface area (Å²) in [6.45, 7) is 0.704. The molecule has 1 aliphatic rings. The molecule has 1 aliphatic heterocycles. The van der Waals surface area contributed by atoms with Crippen LogP contribution in [0.2, 0.25) is 0 Å². The number of nitrogens with two attached hydrogens (primary N) is 1. The number of hydrogen-bond donors (Lipinski definition) is 6. The Kier molecular flexibility index (Phi) is 7.30. The minimum atomic E-state index is -1.59. The molecule has 1 aromatic carbocycles. The molecule has 0 bridgehead atoms. The number of amides is 1. The van der Waals surface area contributed by atoms with Crippen molar-refractivity contribution < 1.29 is 24.6 Å². The van der Waals surface area contributed by atoms with Crippen LogP contribution in [0.5, 0.6) is 0 Å². The number of anilines is 4. The summed E-state index contributed by atoms with van der Waals surface area (Å²) < 4.78 is 0. The van der Waals surface area contributed by atoms with E-state index in [0.717, 1.165) is 6.34 Å². The Morgan fingerprint density at radius 1 is 1.29 bits per heavy atom. The van der Waals surface area contributed by atoms with Crippen LogP contribution in [0.15, 0.2) is 29.1 Å². The molecule has 2 aromatic rings. The van der Waals surface area contributed by atoms with Crippen molar-refractivity contribution in [1.29, 1.82) is 5.41 Å². The highest BCUT2D eigenvalue weighted by atomic mass is 16.4. The van der Waals surface area contributed by atoms with Crippen molar-refractivity contribution in [1.82, 2.24) is 15.3 Å². The Morgan fingerprint density at radius 3 is 2.62 bits per heavy atom. The Balaban J connectivity index is 1.62. The van der Waals surface area contributed by atoms with Gasteiger partial charge in [0.25, 0.3) is 11.5 Å². The number of hydrogen-bond acceptors (Lipinski definition) is 11. The number of nitrogen functional groups attached to an aromatic ring is 1. The first kappa shape index (κ1) is 24.0. The van der Waals surface area contributed by atoms with Gasteiger partial charge in [-0.1, -0.05) is 0 Å². The number of aromatic nitrogens is 2. The lowest BCUT2D eigenvalue weighted by atomic mass is 10.1. The van der Waals surface area contributed by atoms with E-state index < -0.39 is 35.9 Å². The van der Waals surface area contributed by atoms with Crippen LogP contribution in [0.1, 0.15) is 23.2 Å². The summed E-state index contributed by atoms with van der Waals surface area (Å²) in [5.74, 6) is -3.48. The van der Waals surface area contributed by atoms with Crippen molar-refractivity contribution in [3.05, 3.63) is 40.2 Å². The molecular weight excluding hydrogens is 448 g/mol. The first-order valence-electron chi connectivity index (χ1n) is 10.2. The number of benzene rings is 1. The Hall–Kier alpha value is -4.62. The fourth-order valence-corrected chi connectivity index (χ4v) is 3.41. The van der Waals surface area contributed by atoms with Gasteiger partial charge >= 0.3 is 0 Å². The lowest BCUT2D eigenvalue weighted by Crippen LogP contribution is -2.49. The third-order valence-electron chi connectivity index (χ3n) is 5.12. The molecule has 0 fully saturated rings. The van der Waals surface area contributed by atoms with E-state index in [1.807, 2.05) is 0 Å². The highest BCUT2D eigenvalue weighted by Crippen LogP contribution is 2.25. The normalized spacial score (nSPS) is 15.4. The Morgan fingerprint density at radius 2 is 2.00 bits per heavy atom. The molecule has 1 amide bonds. The minimum Gasteiger partial charge on any atom is -0.550 e. The quantitative estimate of drug-likeness (QED) is 0.152. The average molecular weight is 470 g/mol. The third-order valence-corrected chi connectivity index (χ3v) is 5.12. The molecule has 0 saturated carbocycles. The molecule has 14 nitrogen and oxygen atoms in total. The first-order chi connectivity index (χ1) is 16.2. The van der Waals surface area contributed by atoms with E-state index >= 15 is 0 Å². The number of rotatable bonds is 10. The van der Waals surface area contributed by atoms with E-state index in [-0.39, 0.29) is 35.5 Å². The van der Waals surface area contributed by atoms with Crippen molar-refractivity contribution in [2.24, 2.45) is 0 Å². The van der Waals surface area contributed by atoms with Crippen LogP contribution in [0, 0.1) is 5.41 Å². The zero-order valence-corrected chi connectivity index (χ0v) is 17.8. The van der Waals surface area contributed by atoms with Crippen LogP contribution in [-0.2, 0) is 9.59 Å². The maximum absolute atomic E-state index is 12.3. The molecular formula is C20H22N8O6-2. The van der Waals surface area contributed by atoms with E-state index in [0.29, 0.717) is 18.8 Å². The molecule has 7 N–H and O–H groups in total. The van der Waals surface area contributed by atoms with Crippen molar-refractivity contribution in [2.75, 3.05) is 34.4 Å². The van der Waals surface area contributed by atoms with Gasteiger partial charge in [0.2, 0.25) is 5.95 Å². The summed E-state index contributed by atoms with van der Waals surface area (Å²) in [6, 6.07) is 4.33. The molecule has 0 aliphatic carbocycles. The van der Waals surface area contributed by atoms with Crippen LogP contribution >= 0.6 is 0 Å². The van der Waals surface area contributed by atoms with Gasteiger partial charge in [-0.05, 0) is 37.1 Å². The lowest BCUT2D eigenvalue weighted by Gasteiger charge is -2.35. The second kappa shape index (κ2) is 10.3. The van der Waals surface area contributed by atoms with Gasteiger partial charge < -0.3 is 46.4 Å². The van der Waals surface area contributed by atoms with Crippen molar-refractivity contribution in [2.45, 2.75) is 24.9 Å². The smallest absolute Gasteiger partial charge is 0.278 e. The molecule has 2 atom stereocenters. The van der Waals surface area contributed by atoms with Crippen LogP contribution in [0.25, 0.3) is 0 Å². The number of nitrogens with zero attached hydrogens (tertiary/aromatic N) is 2. The van der Waals surface area contributed by atoms with Gasteiger partial charge in [0.1, 0.15) is 0 Å². The predicted molar refractivity (Wildman–Crippen MR) is 118 cm³/mol. The number of carboxylic acid groups (broad SMARTS) is 2. The fourth-order valence-electron chi connectivity index (χ4n) is 3.41. The number of carbonyl (C=O) groups is 3. The van der Waals surface area contributed by atoms with Gasteiger partial charge in [0, 0.05) is 30.3 Å². The fraction of sp³-hybridized carbons (Fsp3) is 0.300. The molecule has 2 heterocycles. The molecule has 0 saturated heterocycles. The van der Waals surface area contributed by atoms with Crippen LogP contribution < -0.4 is 42.4 Å². The highest BCUT2D eigenvalue weighted by molar-refractivity contribution is 5.96. The molecule has 0 spiro atoms. The number of fused-ring (bicyclic) bond motifs is 1. The van der Waals surface area contributed by atoms with Crippen molar-refractivity contribution >= 4 is 47.3 Å². The maximum Gasteiger partial charge on any atom is 0.278 e. The number of aliphatic carboxylic acids is 2. The van der Waals surface area contributed by atoms with E-state index in [1.165, 1.54) is 17.0 Å². The molecule has 14 heteroatoms. The average Bonchev–Trinajstić information content (AvgIpc) is 2.79. The zero-order chi connectivity index (χ0) is 24.8. The van der Waals surface area contributed by atoms with Gasteiger partial charge in [0.15, 0.2) is 11.5 Å². The Labute approximate surface area is 192 Å². The standard InChI is InChI=1S/C20H24N8O6/c21-9-28-12(8-24-16-15(28)18(32)27-20(22)26-16)7-23-11-3-1-10(2-4-11)17(31)25-13(19(33)34)5-6-14(29)30/h1-4,9,12-13,21,23H,5-8H2,(H,25,31)(H,29,30)(H,33,34)(H4,22,24,26,27,32)/p-2. The van der Waals surface area contributed by atoms with Gasteiger partial charge in [-0.3, -0.25) is 20.0 Å².